The molecular formula is C36H47ClN6O3. The van der Waals surface area contributed by atoms with E-state index in [4.69, 9.17) is 21.3 Å². The summed E-state index contributed by atoms with van der Waals surface area (Å²) >= 11 is 6.76. The van der Waals surface area contributed by atoms with Gasteiger partial charge in [0.15, 0.2) is 5.15 Å². The fourth-order valence-corrected chi connectivity index (χ4v) is 8.37. The molecule has 3 fully saturated rings. The summed E-state index contributed by atoms with van der Waals surface area (Å²) < 4.78 is 7.71. The van der Waals surface area contributed by atoms with Crippen molar-refractivity contribution < 1.29 is 14.3 Å². The lowest BCUT2D eigenvalue weighted by atomic mass is 9.73. The van der Waals surface area contributed by atoms with Gasteiger partial charge in [0, 0.05) is 49.0 Å². The molecule has 246 valence electrons. The lowest BCUT2D eigenvalue weighted by Gasteiger charge is -2.46. The molecule has 0 radical (unpaired) electrons. The summed E-state index contributed by atoms with van der Waals surface area (Å²) in [7, 11) is 0. The SMILES string of the molecule is CC(C)n1cnc2cc(-c3ccc4c(c3)N(C3CC(N5CCC(C)(C)C5)C3)C(=O)C43CCN(C(=O)OC(C)(C)C)CC3)nc(Cl)c21. The fraction of sp³-hybridized carbons (Fsp3) is 0.611. The fourth-order valence-electron chi connectivity index (χ4n) is 8.08. The summed E-state index contributed by atoms with van der Waals surface area (Å²) in [5.74, 6) is 0.172. The monoisotopic (exact) mass is 646 g/mol. The average molecular weight is 647 g/mol. The van der Waals surface area contributed by atoms with Gasteiger partial charge in [-0.3, -0.25) is 9.69 Å². The van der Waals surface area contributed by atoms with E-state index in [1.807, 2.05) is 37.7 Å². The Morgan fingerprint density at radius 2 is 1.76 bits per heavy atom. The molecule has 1 saturated carbocycles. The van der Waals surface area contributed by atoms with Crippen LogP contribution < -0.4 is 4.90 Å². The van der Waals surface area contributed by atoms with E-state index in [0.29, 0.717) is 42.5 Å². The van der Waals surface area contributed by atoms with Gasteiger partial charge >= 0.3 is 6.09 Å². The minimum atomic E-state index is -0.655. The Kier molecular flexibility index (Phi) is 7.48. The van der Waals surface area contributed by atoms with Crippen molar-refractivity contribution in [2.75, 3.05) is 31.1 Å². The summed E-state index contributed by atoms with van der Waals surface area (Å²) in [4.78, 5) is 43.5. The number of fused-ring (bicyclic) bond motifs is 3. The number of halogens is 1. The van der Waals surface area contributed by atoms with Crippen molar-refractivity contribution in [2.24, 2.45) is 5.41 Å². The Morgan fingerprint density at radius 1 is 1.04 bits per heavy atom. The summed E-state index contributed by atoms with van der Waals surface area (Å²) in [5, 5.41) is 0.425. The van der Waals surface area contributed by atoms with Crippen molar-refractivity contribution in [2.45, 2.75) is 110 Å². The summed E-state index contributed by atoms with van der Waals surface area (Å²) in [5.41, 5.74) is 4.47. The highest BCUT2D eigenvalue weighted by Crippen LogP contribution is 2.52. The number of aromatic nitrogens is 3. The Hall–Kier alpha value is -3.17. The minimum absolute atomic E-state index is 0.152. The number of hydrogen-bond acceptors (Lipinski definition) is 6. The van der Waals surface area contributed by atoms with Crippen molar-refractivity contribution in [3.8, 4) is 11.3 Å². The van der Waals surface area contributed by atoms with Crippen LogP contribution in [0.5, 0.6) is 0 Å². The molecular weight excluding hydrogens is 600 g/mol. The van der Waals surface area contributed by atoms with E-state index >= 15 is 0 Å². The van der Waals surface area contributed by atoms with Crippen molar-refractivity contribution >= 4 is 40.3 Å². The van der Waals surface area contributed by atoms with Crippen LogP contribution in [0.3, 0.4) is 0 Å². The number of likely N-dealkylation sites (tertiary alicyclic amines) is 2. The van der Waals surface area contributed by atoms with Gasteiger partial charge in [0.25, 0.3) is 0 Å². The molecule has 0 atom stereocenters. The third-order valence-corrected chi connectivity index (χ3v) is 11.0. The van der Waals surface area contributed by atoms with E-state index in [0.717, 1.165) is 59.5 Å². The predicted molar refractivity (Wildman–Crippen MR) is 181 cm³/mol. The zero-order chi connectivity index (χ0) is 32.8. The highest BCUT2D eigenvalue weighted by Gasteiger charge is 2.56. The number of carbonyl (C=O) groups is 2. The normalized spacial score (nSPS) is 24.2. The average Bonchev–Trinajstić information content (AvgIpc) is 3.61. The maximum absolute atomic E-state index is 14.7. The molecule has 1 spiro atoms. The number of anilines is 1. The van der Waals surface area contributed by atoms with Crippen LogP contribution in [0.1, 0.15) is 92.2 Å². The van der Waals surface area contributed by atoms with Gasteiger partial charge in [-0.05, 0) is 96.4 Å². The molecule has 4 aliphatic rings. The molecule has 5 heterocycles. The number of carbonyl (C=O) groups excluding carboxylic acids is 2. The molecule has 9 nitrogen and oxygen atoms in total. The first kappa shape index (κ1) is 31.4. The van der Waals surface area contributed by atoms with E-state index in [1.54, 1.807) is 4.90 Å². The number of rotatable bonds is 4. The quantitative estimate of drug-likeness (QED) is 0.279. The van der Waals surface area contributed by atoms with Gasteiger partial charge < -0.3 is 19.1 Å². The Labute approximate surface area is 277 Å². The van der Waals surface area contributed by atoms with Crippen LogP contribution in [0.25, 0.3) is 22.3 Å². The number of amides is 2. The number of nitrogens with zero attached hydrogens (tertiary/aromatic N) is 6. The Morgan fingerprint density at radius 3 is 2.39 bits per heavy atom. The van der Waals surface area contributed by atoms with E-state index < -0.39 is 11.0 Å². The summed E-state index contributed by atoms with van der Waals surface area (Å²) in [6, 6.07) is 9.19. The molecule has 1 aromatic carbocycles. The zero-order valence-electron chi connectivity index (χ0n) is 28.3. The molecule has 2 saturated heterocycles. The lowest BCUT2D eigenvalue weighted by Crippen LogP contribution is -2.58. The van der Waals surface area contributed by atoms with Gasteiger partial charge in [0.05, 0.1) is 23.0 Å². The van der Waals surface area contributed by atoms with Gasteiger partial charge in [-0.1, -0.05) is 37.6 Å². The van der Waals surface area contributed by atoms with Crippen molar-refractivity contribution in [3.63, 3.8) is 0 Å². The van der Waals surface area contributed by atoms with Crippen molar-refractivity contribution in [3.05, 3.63) is 41.3 Å². The Bertz CT molecular complexity index is 1690. The highest BCUT2D eigenvalue weighted by atomic mass is 35.5. The van der Waals surface area contributed by atoms with Crippen LogP contribution in [0.2, 0.25) is 5.15 Å². The van der Waals surface area contributed by atoms with Gasteiger partial charge in [-0.2, -0.15) is 0 Å². The number of ether oxygens (including phenoxy) is 1. The van der Waals surface area contributed by atoms with Crippen LogP contribution in [0.15, 0.2) is 30.6 Å². The number of pyridine rings is 1. The first-order chi connectivity index (χ1) is 21.7. The topological polar surface area (TPSA) is 83.8 Å². The first-order valence-electron chi connectivity index (χ1n) is 16.9. The van der Waals surface area contributed by atoms with E-state index in [2.05, 4.69) is 60.7 Å². The van der Waals surface area contributed by atoms with Crippen LogP contribution in [-0.4, -0.2) is 80.2 Å². The van der Waals surface area contributed by atoms with Crippen LogP contribution in [0, 0.1) is 5.41 Å². The van der Waals surface area contributed by atoms with Gasteiger partial charge in [0.1, 0.15) is 11.1 Å². The number of imidazole rings is 1. The lowest BCUT2D eigenvalue weighted by molar-refractivity contribution is -0.126. The second kappa shape index (κ2) is 10.9. The molecule has 2 aromatic heterocycles. The third kappa shape index (κ3) is 5.27. The molecule has 3 aliphatic heterocycles. The molecule has 7 rings (SSSR count). The molecule has 0 unspecified atom stereocenters. The molecule has 3 aromatic rings. The maximum atomic E-state index is 14.7. The van der Waals surface area contributed by atoms with Gasteiger partial charge in [0.2, 0.25) is 5.91 Å². The molecule has 2 amide bonds. The van der Waals surface area contributed by atoms with Crippen LogP contribution >= 0.6 is 11.6 Å². The van der Waals surface area contributed by atoms with E-state index in [-0.39, 0.29) is 24.1 Å². The largest absolute Gasteiger partial charge is 0.444 e. The van der Waals surface area contributed by atoms with Crippen LogP contribution in [-0.2, 0) is 14.9 Å². The number of benzene rings is 1. The molecule has 46 heavy (non-hydrogen) atoms. The number of piperidine rings is 1. The Balaban J connectivity index is 1.21. The standard InChI is InChI=1S/C36H47ClN6O3/c1-22(2)42-21-38-28-19-27(39-31(37)30(28)42)23-8-9-26-29(16-23)43(25-17-24(18-25)41-13-10-35(6,7)20-41)32(44)36(26)11-14-40(15-12-36)33(45)46-34(3,4)5/h8-9,16,19,21-22,24-25H,10-15,17-18,20H2,1-7H3. The van der Waals surface area contributed by atoms with Gasteiger partial charge in [-0.25, -0.2) is 14.8 Å². The first-order valence-corrected chi connectivity index (χ1v) is 17.3. The number of hydrogen-bond donors (Lipinski definition) is 0. The van der Waals surface area contributed by atoms with Crippen molar-refractivity contribution in [1.29, 1.82) is 0 Å². The molecule has 1 aliphatic carbocycles. The zero-order valence-corrected chi connectivity index (χ0v) is 29.0. The second-order valence-corrected chi connectivity index (χ2v) is 16.4. The van der Waals surface area contributed by atoms with Crippen LogP contribution in [0.4, 0.5) is 10.5 Å². The van der Waals surface area contributed by atoms with E-state index in [9.17, 15) is 9.59 Å². The maximum Gasteiger partial charge on any atom is 0.410 e. The predicted octanol–water partition coefficient (Wildman–Crippen LogP) is 7.21. The second-order valence-electron chi connectivity index (χ2n) is 16.0. The van der Waals surface area contributed by atoms with E-state index in [1.165, 1.54) is 6.42 Å². The molecule has 0 bridgehead atoms. The third-order valence-electron chi connectivity index (χ3n) is 10.7. The minimum Gasteiger partial charge on any atom is -0.444 e. The van der Waals surface area contributed by atoms with Gasteiger partial charge in [-0.15, -0.1) is 0 Å². The smallest absolute Gasteiger partial charge is 0.410 e. The summed E-state index contributed by atoms with van der Waals surface area (Å²) in [6.07, 6.45) is 5.84. The molecule has 0 N–H and O–H groups in total. The highest BCUT2D eigenvalue weighted by molar-refractivity contribution is 6.34. The summed E-state index contributed by atoms with van der Waals surface area (Å²) in [6.45, 7) is 17.8. The van der Waals surface area contributed by atoms with Crippen molar-refractivity contribution in [1.82, 2.24) is 24.3 Å². The molecule has 10 heteroatoms.